The number of carbonyl (C=O) groups excluding carboxylic acids is 1. The Bertz CT molecular complexity index is 733. The molecule has 1 atom stereocenters. The molecule has 1 amide bonds. The Labute approximate surface area is 159 Å². The number of imidazole rings is 1. The number of amides is 1. The third kappa shape index (κ3) is 3.86. The zero-order chi connectivity index (χ0) is 17.9. The van der Waals surface area contributed by atoms with Crippen LogP contribution in [0.2, 0.25) is 0 Å². The Balaban J connectivity index is 1.42. The maximum atomic E-state index is 12.9. The summed E-state index contributed by atoms with van der Waals surface area (Å²) in [5.74, 6) is 0.821. The van der Waals surface area contributed by atoms with E-state index in [0.717, 1.165) is 43.4 Å². The predicted molar refractivity (Wildman–Crippen MR) is 104 cm³/mol. The van der Waals surface area contributed by atoms with Crippen molar-refractivity contribution in [1.82, 2.24) is 19.8 Å². The van der Waals surface area contributed by atoms with Crippen LogP contribution in [-0.2, 0) is 24.8 Å². The summed E-state index contributed by atoms with van der Waals surface area (Å²) in [6.07, 6.45) is 8.16. The number of nitrogens with one attached hydrogen (secondary N) is 1. The smallest absolute Gasteiger partial charge is 0.230 e. The van der Waals surface area contributed by atoms with E-state index in [4.69, 9.17) is 0 Å². The van der Waals surface area contributed by atoms with Crippen LogP contribution in [0.4, 0.5) is 0 Å². The number of thiophene rings is 1. The van der Waals surface area contributed by atoms with Gasteiger partial charge >= 0.3 is 0 Å². The monoisotopic (exact) mass is 372 g/mol. The van der Waals surface area contributed by atoms with Crippen molar-refractivity contribution in [2.75, 3.05) is 19.6 Å². The summed E-state index contributed by atoms with van der Waals surface area (Å²) in [4.78, 5) is 21.3. The molecule has 1 aliphatic heterocycles. The van der Waals surface area contributed by atoms with Crippen molar-refractivity contribution < 1.29 is 4.79 Å². The summed E-state index contributed by atoms with van der Waals surface area (Å²) in [5, 5.41) is 5.25. The topological polar surface area (TPSA) is 50.2 Å². The average Bonchev–Trinajstić information content (AvgIpc) is 3.38. The third-order valence-electron chi connectivity index (χ3n) is 5.77. The first-order valence-corrected chi connectivity index (χ1v) is 10.6. The molecular weight excluding hydrogens is 344 g/mol. The van der Waals surface area contributed by atoms with Gasteiger partial charge in [-0.15, -0.1) is 11.3 Å². The second-order valence-electron chi connectivity index (χ2n) is 7.70. The second-order valence-corrected chi connectivity index (χ2v) is 8.74. The van der Waals surface area contributed by atoms with Gasteiger partial charge in [-0.3, -0.25) is 9.69 Å². The fraction of sp³-hybridized carbons (Fsp3) is 0.600. The van der Waals surface area contributed by atoms with Gasteiger partial charge in [-0.1, -0.05) is 18.9 Å². The largest absolute Gasteiger partial charge is 0.355 e. The number of nitrogens with zero attached hydrogens (tertiary/aromatic N) is 3. The van der Waals surface area contributed by atoms with Crippen molar-refractivity contribution >= 4 is 17.2 Å². The van der Waals surface area contributed by atoms with Gasteiger partial charge in [0, 0.05) is 38.1 Å². The number of hydrogen-bond donors (Lipinski definition) is 1. The Morgan fingerprint density at radius 2 is 2.23 bits per heavy atom. The lowest BCUT2D eigenvalue weighted by Crippen LogP contribution is -2.43. The van der Waals surface area contributed by atoms with E-state index in [1.54, 1.807) is 11.3 Å². The highest BCUT2D eigenvalue weighted by Gasteiger charge is 2.34. The number of rotatable bonds is 6. The lowest BCUT2D eigenvalue weighted by atomic mass is 9.95. The first kappa shape index (κ1) is 17.7. The van der Waals surface area contributed by atoms with Crippen molar-refractivity contribution in [3.63, 3.8) is 0 Å². The number of carbonyl (C=O) groups is 1. The molecule has 0 saturated heterocycles. The molecule has 4 rings (SSSR count). The van der Waals surface area contributed by atoms with Crippen LogP contribution in [-0.4, -0.2) is 40.0 Å². The lowest BCUT2D eigenvalue weighted by molar-refractivity contribution is -0.123. The number of aromatic nitrogens is 2. The molecule has 1 saturated carbocycles. The van der Waals surface area contributed by atoms with Gasteiger partial charge < -0.3 is 9.88 Å². The minimum absolute atomic E-state index is 0.115. The molecule has 0 unspecified atom stereocenters. The molecule has 5 nitrogen and oxygen atoms in total. The zero-order valence-corrected chi connectivity index (χ0v) is 16.3. The molecule has 140 valence electrons. The van der Waals surface area contributed by atoms with E-state index in [-0.39, 0.29) is 11.8 Å². The maximum Gasteiger partial charge on any atom is 0.230 e. The van der Waals surface area contributed by atoms with Crippen molar-refractivity contribution in [2.45, 2.75) is 44.6 Å². The van der Waals surface area contributed by atoms with Crippen LogP contribution in [0.1, 0.15) is 47.9 Å². The van der Waals surface area contributed by atoms with Gasteiger partial charge in [0.2, 0.25) is 5.91 Å². The van der Waals surface area contributed by atoms with E-state index in [9.17, 15) is 4.79 Å². The molecule has 2 aromatic rings. The van der Waals surface area contributed by atoms with Crippen molar-refractivity contribution in [2.24, 2.45) is 13.0 Å². The maximum absolute atomic E-state index is 12.9. The van der Waals surface area contributed by atoms with Gasteiger partial charge in [0.05, 0.1) is 23.6 Å². The van der Waals surface area contributed by atoms with Gasteiger partial charge in [-0.05, 0) is 36.6 Å². The molecule has 6 heteroatoms. The molecule has 2 aliphatic rings. The first-order chi connectivity index (χ1) is 12.7. The van der Waals surface area contributed by atoms with Gasteiger partial charge in [0.15, 0.2) is 0 Å². The fourth-order valence-corrected chi connectivity index (χ4v) is 5.18. The minimum atomic E-state index is -0.115. The molecular formula is C20H28N4OS. The van der Waals surface area contributed by atoms with Crippen LogP contribution < -0.4 is 5.32 Å². The van der Waals surface area contributed by atoms with Crippen molar-refractivity contribution in [3.05, 3.63) is 40.1 Å². The van der Waals surface area contributed by atoms with Gasteiger partial charge in [-0.25, -0.2) is 4.98 Å². The van der Waals surface area contributed by atoms with E-state index < -0.39 is 0 Å². The van der Waals surface area contributed by atoms with Crippen LogP contribution in [0.3, 0.4) is 0 Å². The SMILES string of the molecule is Cn1cnc2c1[C@@H](C(=O)NCCc1cccs1)CN(CC1CCCC1)C2. The van der Waals surface area contributed by atoms with E-state index in [2.05, 4.69) is 32.7 Å². The normalized spacial score (nSPS) is 21.0. The van der Waals surface area contributed by atoms with E-state index in [0.29, 0.717) is 6.54 Å². The Kier molecular flexibility index (Phi) is 5.41. The number of aryl methyl sites for hydroxylation is 1. The summed E-state index contributed by atoms with van der Waals surface area (Å²) in [7, 11) is 2.00. The van der Waals surface area contributed by atoms with Crippen molar-refractivity contribution in [3.8, 4) is 0 Å². The molecule has 1 N–H and O–H groups in total. The Hall–Kier alpha value is -1.66. The second kappa shape index (κ2) is 7.92. The summed E-state index contributed by atoms with van der Waals surface area (Å²) in [6, 6.07) is 4.19. The van der Waals surface area contributed by atoms with Crippen LogP contribution >= 0.6 is 11.3 Å². The highest BCUT2D eigenvalue weighted by Crippen LogP contribution is 2.31. The molecule has 26 heavy (non-hydrogen) atoms. The average molecular weight is 373 g/mol. The van der Waals surface area contributed by atoms with Gasteiger partial charge in [0.1, 0.15) is 0 Å². The predicted octanol–water partition coefficient (Wildman–Crippen LogP) is 2.93. The van der Waals surface area contributed by atoms with Crippen LogP contribution in [0.5, 0.6) is 0 Å². The molecule has 0 aromatic carbocycles. The summed E-state index contributed by atoms with van der Waals surface area (Å²) >= 11 is 1.75. The summed E-state index contributed by atoms with van der Waals surface area (Å²) in [5.41, 5.74) is 2.18. The van der Waals surface area contributed by atoms with Gasteiger partial charge in [-0.2, -0.15) is 0 Å². The molecule has 1 aliphatic carbocycles. The molecule has 0 spiro atoms. The Morgan fingerprint density at radius 3 is 3.00 bits per heavy atom. The van der Waals surface area contributed by atoms with Crippen LogP contribution in [0, 0.1) is 5.92 Å². The van der Waals surface area contributed by atoms with Crippen LogP contribution in [0.25, 0.3) is 0 Å². The molecule has 0 radical (unpaired) electrons. The highest BCUT2D eigenvalue weighted by molar-refractivity contribution is 7.09. The summed E-state index contributed by atoms with van der Waals surface area (Å²) < 4.78 is 2.03. The minimum Gasteiger partial charge on any atom is -0.355 e. The summed E-state index contributed by atoms with van der Waals surface area (Å²) in [6.45, 7) is 3.50. The van der Waals surface area contributed by atoms with Crippen LogP contribution in [0.15, 0.2) is 23.8 Å². The number of fused-ring (bicyclic) bond motifs is 1. The molecule has 0 bridgehead atoms. The third-order valence-corrected chi connectivity index (χ3v) is 6.70. The molecule has 3 heterocycles. The molecule has 1 fully saturated rings. The fourth-order valence-electron chi connectivity index (χ4n) is 4.47. The zero-order valence-electron chi connectivity index (χ0n) is 15.5. The van der Waals surface area contributed by atoms with Gasteiger partial charge in [0.25, 0.3) is 0 Å². The first-order valence-electron chi connectivity index (χ1n) is 9.73. The number of hydrogen-bond acceptors (Lipinski definition) is 4. The highest BCUT2D eigenvalue weighted by atomic mass is 32.1. The van der Waals surface area contributed by atoms with Crippen molar-refractivity contribution in [1.29, 1.82) is 0 Å². The van der Waals surface area contributed by atoms with E-state index in [1.807, 2.05) is 17.9 Å². The standard InChI is InChI=1S/C20H28N4OS/c1-23-14-22-18-13-24(11-15-5-2-3-6-15)12-17(19(18)23)20(25)21-9-8-16-7-4-10-26-16/h4,7,10,14-15,17H,2-3,5-6,8-9,11-13H2,1H3,(H,21,25)/t17-/m0/s1. The lowest BCUT2D eigenvalue weighted by Gasteiger charge is -2.33. The van der Waals surface area contributed by atoms with E-state index >= 15 is 0 Å². The molecule has 2 aromatic heterocycles. The Morgan fingerprint density at radius 1 is 1.38 bits per heavy atom. The quantitative estimate of drug-likeness (QED) is 0.848. The van der Waals surface area contributed by atoms with E-state index in [1.165, 1.54) is 30.6 Å².